The van der Waals surface area contributed by atoms with E-state index in [0.29, 0.717) is 12.4 Å². The van der Waals surface area contributed by atoms with Crippen molar-refractivity contribution in [1.82, 2.24) is 35.3 Å². The van der Waals surface area contributed by atoms with Crippen LogP contribution in [0.4, 0.5) is 0 Å². The molecule has 1 N–H and O–H groups in total. The van der Waals surface area contributed by atoms with Gasteiger partial charge in [0.25, 0.3) is 0 Å². The maximum atomic E-state index is 4.33. The van der Waals surface area contributed by atoms with Gasteiger partial charge in [-0.1, -0.05) is 6.92 Å². The summed E-state index contributed by atoms with van der Waals surface area (Å²) in [6.07, 6.45) is 1.88. The van der Waals surface area contributed by atoms with E-state index < -0.39 is 0 Å². The highest BCUT2D eigenvalue weighted by molar-refractivity contribution is 5.16. The Bertz CT molecular complexity index is 485. The molecule has 0 aromatic carbocycles. The third-order valence-corrected chi connectivity index (χ3v) is 2.61. The van der Waals surface area contributed by atoms with Crippen molar-refractivity contribution < 1.29 is 0 Å². The molecule has 0 bridgehead atoms. The van der Waals surface area contributed by atoms with Crippen molar-refractivity contribution in [2.45, 2.75) is 26.9 Å². The number of rotatable bonds is 5. The largest absolute Gasteiger partial charge is 0.313 e. The molecule has 0 aliphatic carbocycles. The van der Waals surface area contributed by atoms with Gasteiger partial charge in [-0.2, -0.15) is 9.90 Å². The van der Waals surface area contributed by atoms with E-state index in [-0.39, 0.29) is 0 Å². The topological polar surface area (TPSA) is 73.5 Å². The Hall–Kier alpha value is -1.76. The van der Waals surface area contributed by atoms with E-state index in [1.165, 1.54) is 10.4 Å². The first-order valence-corrected chi connectivity index (χ1v) is 5.65. The molecule has 0 atom stereocenters. The number of aromatic nitrogens is 6. The Balaban J connectivity index is 2.09. The lowest BCUT2D eigenvalue weighted by atomic mass is 10.2. The van der Waals surface area contributed by atoms with Gasteiger partial charge < -0.3 is 5.32 Å². The Kier molecular flexibility index (Phi) is 3.48. The van der Waals surface area contributed by atoms with E-state index in [0.717, 1.165) is 18.8 Å². The third-order valence-electron chi connectivity index (χ3n) is 2.61. The summed E-state index contributed by atoms with van der Waals surface area (Å²) >= 11 is 0. The Morgan fingerprint density at radius 2 is 2.24 bits per heavy atom. The van der Waals surface area contributed by atoms with Crippen LogP contribution in [-0.4, -0.2) is 36.5 Å². The standard InChI is InChI=1S/C10H17N7/c1-4-11-5-9-6-12-17(8(9)2)7-10-13-15-16(3)14-10/h6,11H,4-5,7H2,1-3H3. The van der Waals surface area contributed by atoms with Gasteiger partial charge in [0, 0.05) is 17.8 Å². The summed E-state index contributed by atoms with van der Waals surface area (Å²) in [6, 6.07) is 0. The summed E-state index contributed by atoms with van der Waals surface area (Å²) < 4.78 is 1.89. The summed E-state index contributed by atoms with van der Waals surface area (Å²) in [6.45, 7) is 6.50. The first kappa shape index (κ1) is 11.7. The van der Waals surface area contributed by atoms with Crippen LogP contribution in [0, 0.1) is 6.92 Å². The van der Waals surface area contributed by atoms with Crippen LogP contribution >= 0.6 is 0 Å². The van der Waals surface area contributed by atoms with E-state index >= 15 is 0 Å². The van der Waals surface area contributed by atoms with E-state index in [9.17, 15) is 0 Å². The molecule has 92 valence electrons. The maximum Gasteiger partial charge on any atom is 0.196 e. The van der Waals surface area contributed by atoms with Crippen molar-refractivity contribution in [2.24, 2.45) is 7.05 Å². The lowest BCUT2D eigenvalue weighted by molar-refractivity contribution is 0.611. The summed E-state index contributed by atoms with van der Waals surface area (Å²) in [5.41, 5.74) is 2.34. The van der Waals surface area contributed by atoms with Crippen molar-refractivity contribution in [3.05, 3.63) is 23.3 Å². The van der Waals surface area contributed by atoms with Crippen LogP contribution in [0.15, 0.2) is 6.20 Å². The molecule has 0 spiro atoms. The number of nitrogens with one attached hydrogen (secondary N) is 1. The summed E-state index contributed by atoms with van der Waals surface area (Å²) in [5.74, 6) is 0.675. The van der Waals surface area contributed by atoms with Crippen molar-refractivity contribution in [1.29, 1.82) is 0 Å². The number of aryl methyl sites for hydroxylation is 1. The van der Waals surface area contributed by atoms with Crippen LogP contribution in [-0.2, 0) is 20.1 Å². The molecule has 0 radical (unpaired) electrons. The molecule has 0 saturated carbocycles. The molecule has 0 fully saturated rings. The fourth-order valence-corrected chi connectivity index (χ4v) is 1.60. The number of hydrogen-bond donors (Lipinski definition) is 1. The first-order valence-electron chi connectivity index (χ1n) is 5.65. The minimum Gasteiger partial charge on any atom is -0.313 e. The van der Waals surface area contributed by atoms with E-state index in [4.69, 9.17) is 0 Å². The first-order chi connectivity index (χ1) is 8.20. The molecular formula is C10H17N7. The fourth-order valence-electron chi connectivity index (χ4n) is 1.60. The summed E-state index contributed by atoms with van der Waals surface area (Å²) in [7, 11) is 1.75. The van der Waals surface area contributed by atoms with Crippen molar-refractivity contribution in [3.8, 4) is 0 Å². The van der Waals surface area contributed by atoms with Crippen LogP contribution in [0.2, 0.25) is 0 Å². The van der Waals surface area contributed by atoms with Gasteiger partial charge >= 0.3 is 0 Å². The monoisotopic (exact) mass is 235 g/mol. The molecular weight excluding hydrogens is 218 g/mol. The molecule has 0 aliphatic rings. The lowest BCUT2D eigenvalue weighted by Gasteiger charge is -2.03. The number of hydrogen-bond acceptors (Lipinski definition) is 5. The zero-order chi connectivity index (χ0) is 12.3. The highest BCUT2D eigenvalue weighted by atomic mass is 15.6. The summed E-state index contributed by atoms with van der Waals surface area (Å²) in [4.78, 5) is 1.45. The van der Waals surface area contributed by atoms with Crippen LogP contribution < -0.4 is 5.32 Å². The fraction of sp³-hybridized carbons (Fsp3) is 0.600. The van der Waals surface area contributed by atoms with Crippen LogP contribution in [0.1, 0.15) is 24.0 Å². The molecule has 2 heterocycles. The van der Waals surface area contributed by atoms with Gasteiger partial charge in [0.15, 0.2) is 5.82 Å². The van der Waals surface area contributed by atoms with Gasteiger partial charge in [-0.25, -0.2) is 0 Å². The molecule has 0 amide bonds. The Labute approximate surface area is 99.8 Å². The highest BCUT2D eigenvalue weighted by Gasteiger charge is 2.08. The second kappa shape index (κ2) is 5.05. The molecule has 0 aliphatic heterocycles. The van der Waals surface area contributed by atoms with Gasteiger partial charge in [-0.15, -0.1) is 10.2 Å². The van der Waals surface area contributed by atoms with Crippen LogP contribution in [0.3, 0.4) is 0 Å². The average Bonchev–Trinajstić information content (AvgIpc) is 2.86. The summed E-state index contributed by atoms with van der Waals surface area (Å²) in [5, 5.41) is 19.5. The van der Waals surface area contributed by atoms with Gasteiger partial charge in [-0.3, -0.25) is 4.68 Å². The van der Waals surface area contributed by atoms with Gasteiger partial charge in [0.1, 0.15) is 6.54 Å². The van der Waals surface area contributed by atoms with Crippen LogP contribution in [0.25, 0.3) is 0 Å². The van der Waals surface area contributed by atoms with Gasteiger partial charge in [0.2, 0.25) is 0 Å². The molecule has 2 aromatic heterocycles. The molecule has 0 saturated heterocycles. The highest BCUT2D eigenvalue weighted by Crippen LogP contribution is 2.07. The maximum absolute atomic E-state index is 4.33. The number of tetrazole rings is 1. The molecule has 2 aromatic rings. The van der Waals surface area contributed by atoms with E-state index in [1.54, 1.807) is 7.05 Å². The predicted molar refractivity (Wildman–Crippen MR) is 62.2 cm³/mol. The average molecular weight is 235 g/mol. The van der Waals surface area contributed by atoms with Crippen molar-refractivity contribution >= 4 is 0 Å². The van der Waals surface area contributed by atoms with Crippen LogP contribution in [0.5, 0.6) is 0 Å². The molecule has 2 rings (SSSR count). The predicted octanol–water partition coefficient (Wildman–Crippen LogP) is -0.127. The molecule has 7 nitrogen and oxygen atoms in total. The molecule has 0 unspecified atom stereocenters. The minimum absolute atomic E-state index is 0.561. The Morgan fingerprint density at radius 1 is 1.41 bits per heavy atom. The van der Waals surface area contributed by atoms with Gasteiger partial charge in [-0.05, 0) is 18.7 Å². The second-order valence-corrected chi connectivity index (χ2v) is 3.89. The van der Waals surface area contributed by atoms with E-state index in [2.05, 4.69) is 39.7 Å². The quantitative estimate of drug-likeness (QED) is 0.781. The SMILES string of the molecule is CCNCc1cnn(Cc2nnn(C)n2)c1C. The number of nitrogens with zero attached hydrogens (tertiary/aromatic N) is 6. The zero-order valence-corrected chi connectivity index (χ0v) is 10.4. The minimum atomic E-state index is 0.561. The smallest absolute Gasteiger partial charge is 0.196 e. The second-order valence-electron chi connectivity index (χ2n) is 3.89. The molecule has 7 heteroatoms. The normalized spacial score (nSPS) is 11.0. The van der Waals surface area contributed by atoms with Crippen molar-refractivity contribution in [3.63, 3.8) is 0 Å². The third kappa shape index (κ3) is 2.68. The Morgan fingerprint density at radius 3 is 2.88 bits per heavy atom. The zero-order valence-electron chi connectivity index (χ0n) is 10.4. The van der Waals surface area contributed by atoms with Gasteiger partial charge in [0.05, 0.1) is 13.2 Å². The molecule has 17 heavy (non-hydrogen) atoms. The van der Waals surface area contributed by atoms with Crippen molar-refractivity contribution in [2.75, 3.05) is 6.54 Å². The lowest BCUT2D eigenvalue weighted by Crippen LogP contribution is -2.13. The van der Waals surface area contributed by atoms with E-state index in [1.807, 2.05) is 10.9 Å².